The van der Waals surface area contributed by atoms with E-state index in [0.29, 0.717) is 0 Å². The normalized spacial score (nSPS) is 10.9. The Balaban J connectivity index is 1.64. The monoisotopic (exact) mass is 508 g/mol. The third-order valence-corrected chi connectivity index (χ3v) is 9.47. The van der Waals surface area contributed by atoms with E-state index in [1.165, 1.54) is 11.1 Å². The fraction of sp³-hybridized carbons (Fsp3) is 0.0645. The summed E-state index contributed by atoms with van der Waals surface area (Å²) in [7, 11) is 0. The molecule has 0 bridgehead atoms. The first-order valence-electron chi connectivity index (χ1n) is 11.4. The van der Waals surface area contributed by atoms with Crippen LogP contribution in [0.25, 0.3) is 22.3 Å². The van der Waals surface area contributed by atoms with Gasteiger partial charge in [-0.25, -0.2) is 0 Å². The van der Waals surface area contributed by atoms with Crippen molar-refractivity contribution in [1.82, 2.24) is 0 Å². The van der Waals surface area contributed by atoms with E-state index in [9.17, 15) is 4.79 Å². The maximum Gasteiger partial charge on any atom is 0.198 e. The van der Waals surface area contributed by atoms with Crippen LogP contribution in [0.4, 0.5) is 0 Å². The van der Waals surface area contributed by atoms with E-state index in [4.69, 9.17) is 0 Å². The van der Waals surface area contributed by atoms with Crippen LogP contribution in [0.1, 0.15) is 11.1 Å². The largest absolute Gasteiger partial charge is 0.288 e. The van der Waals surface area contributed by atoms with E-state index in [2.05, 4.69) is 48.5 Å². The van der Waals surface area contributed by atoms with E-state index in [0.717, 1.165) is 42.2 Å². The van der Waals surface area contributed by atoms with Crippen molar-refractivity contribution in [2.45, 2.75) is 19.9 Å². The summed E-state index contributed by atoms with van der Waals surface area (Å²) < 4.78 is 2.14. The van der Waals surface area contributed by atoms with Crippen molar-refractivity contribution in [3.63, 3.8) is 0 Å². The van der Waals surface area contributed by atoms with Gasteiger partial charge in [0, 0.05) is 11.5 Å². The molecule has 1 nitrogen and oxygen atoms in total. The second-order valence-corrected chi connectivity index (χ2v) is 11.5. The molecule has 172 valence electrons. The Morgan fingerprint density at radius 1 is 0.486 bits per heavy atom. The molecule has 4 aromatic carbocycles. The Hall–Kier alpha value is -3.05. The Morgan fingerprint density at radius 2 is 0.829 bits per heavy atom. The molecular formula is C31H24OS3. The molecule has 0 aliphatic rings. The van der Waals surface area contributed by atoms with Gasteiger partial charge in [0.05, 0.1) is 19.5 Å². The average Bonchev–Trinajstić information content (AvgIpc) is 2.93. The molecule has 0 saturated heterocycles. The molecule has 0 atom stereocenters. The summed E-state index contributed by atoms with van der Waals surface area (Å²) in [5.74, 6) is 1.65. The summed E-state index contributed by atoms with van der Waals surface area (Å²) in [6.07, 6.45) is 0. The molecule has 4 heteroatoms. The van der Waals surface area contributed by atoms with Gasteiger partial charge in [-0.05, 0) is 22.3 Å². The average molecular weight is 509 g/mol. The third-order valence-electron chi connectivity index (χ3n) is 5.60. The predicted molar refractivity (Wildman–Crippen MR) is 153 cm³/mol. The van der Waals surface area contributed by atoms with E-state index < -0.39 is 0 Å². The number of benzene rings is 4. The fourth-order valence-electron chi connectivity index (χ4n) is 3.85. The molecule has 0 saturated carbocycles. The molecule has 0 radical (unpaired) electrons. The van der Waals surface area contributed by atoms with Gasteiger partial charge in [-0.15, -0.1) is 34.9 Å². The van der Waals surface area contributed by atoms with Gasteiger partial charge in [0.2, 0.25) is 0 Å². The van der Waals surface area contributed by atoms with Crippen LogP contribution in [-0.2, 0) is 11.5 Å². The molecule has 0 N–H and O–H groups in total. The molecule has 0 spiro atoms. The van der Waals surface area contributed by atoms with Crippen LogP contribution in [0, 0.1) is 0 Å². The van der Waals surface area contributed by atoms with Gasteiger partial charge in [0.25, 0.3) is 0 Å². The molecule has 1 heterocycles. The summed E-state index contributed by atoms with van der Waals surface area (Å²) in [5.41, 5.74) is 6.16. The standard InChI is InChI=1S/C31H24OS3/c32-29-27(25-17-9-3-10-18-25)30(33-21-23-13-5-1-6-14-23)35-31(28(29)26-19-11-4-12-20-26)34-22-24-15-7-2-8-16-24/h1-20H,21-22H2. The maximum absolute atomic E-state index is 14.2. The van der Waals surface area contributed by atoms with Crippen molar-refractivity contribution in [1.29, 1.82) is 0 Å². The second-order valence-electron chi connectivity index (χ2n) is 8.04. The highest BCUT2D eigenvalue weighted by molar-refractivity contribution is 8.02. The van der Waals surface area contributed by atoms with E-state index in [1.807, 2.05) is 72.8 Å². The van der Waals surface area contributed by atoms with Gasteiger partial charge in [-0.1, -0.05) is 121 Å². The van der Waals surface area contributed by atoms with Gasteiger partial charge >= 0.3 is 0 Å². The van der Waals surface area contributed by atoms with Crippen LogP contribution in [0.15, 0.2) is 135 Å². The maximum atomic E-state index is 14.2. The minimum atomic E-state index is 0.104. The zero-order chi connectivity index (χ0) is 23.9. The smallest absolute Gasteiger partial charge is 0.198 e. The number of hydrogen-bond acceptors (Lipinski definition) is 4. The van der Waals surface area contributed by atoms with Gasteiger partial charge < -0.3 is 0 Å². The summed E-state index contributed by atoms with van der Waals surface area (Å²) >= 11 is 5.25. The van der Waals surface area contributed by atoms with E-state index in [1.54, 1.807) is 34.9 Å². The molecule has 35 heavy (non-hydrogen) atoms. The van der Waals surface area contributed by atoms with Crippen molar-refractivity contribution in [3.05, 3.63) is 143 Å². The number of hydrogen-bond donors (Lipinski definition) is 0. The lowest BCUT2D eigenvalue weighted by Gasteiger charge is -2.15. The van der Waals surface area contributed by atoms with Crippen molar-refractivity contribution < 1.29 is 0 Å². The lowest BCUT2D eigenvalue weighted by Crippen LogP contribution is -2.10. The molecule has 0 aliphatic heterocycles. The van der Waals surface area contributed by atoms with Crippen LogP contribution in [0.5, 0.6) is 0 Å². The first-order valence-corrected chi connectivity index (χ1v) is 14.2. The van der Waals surface area contributed by atoms with Gasteiger partial charge in [-0.2, -0.15) is 0 Å². The summed E-state index contributed by atoms with van der Waals surface area (Å²) in [4.78, 5) is 14.2. The molecule has 5 aromatic rings. The molecule has 0 amide bonds. The molecule has 0 fully saturated rings. The molecule has 1 aromatic heterocycles. The highest BCUT2D eigenvalue weighted by atomic mass is 32.2. The Bertz CT molecular complexity index is 1320. The van der Waals surface area contributed by atoms with Crippen LogP contribution < -0.4 is 5.43 Å². The summed E-state index contributed by atoms with van der Waals surface area (Å²) in [5, 5.41) is 0. The number of thioether (sulfide) groups is 2. The van der Waals surface area contributed by atoms with Crippen LogP contribution in [0.2, 0.25) is 0 Å². The Morgan fingerprint density at radius 3 is 1.20 bits per heavy atom. The lowest BCUT2D eigenvalue weighted by atomic mass is 10.0. The Labute approximate surface area is 218 Å². The quantitative estimate of drug-likeness (QED) is 0.195. The molecule has 0 aliphatic carbocycles. The zero-order valence-corrected chi connectivity index (χ0v) is 21.5. The van der Waals surface area contributed by atoms with E-state index in [-0.39, 0.29) is 5.43 Å². The first-order chi connectivity index (χ1) is 17.3. The Kier molecular flexibility index (Phi) is 7.84. The van der Waals surface area contributed by atoms with Crippen LogP contribution >= 0.6 is 34.9 Å². The fourth-order valence-corrected chi connectivity index (χ4v) is 7.82. The highest BCUT2D eigenvalue weighted by Crippen LogP contribution is 2.43. The zero-order valence-electron chi connectivity index (χ0n) is 19.1. The van der Waals surface area contributed by atoms with Gasteiger partial charge in [0.15, 0.2) is 5.43 Å². The lowest BCUT2D eigenvalue weighted by molar-refractivity contribution is 1.38. The SMILES string of the molecule is O=c1c(-c2ccccc2)c(SCc2ccccc2)sc(SCc2ccccc2)c1-c1ccccc1. The first kappa shape index (κ1) is 23.7. The third kappa shape index (κ3) is 5.79. The highest BCUT2D eigenvalue weighted by Gasteiger charge is 2.21. The molecule has 5 rings (SSSR count). The van der Waals surface area contributed by atoms with Crippen LogP contribution in [0.3, 0.4) is 0 Å². The molecular weight excluding hydrogens is 485 g/mol. The van der Waals surface area contributed by atoms with Crippen LogP contribution in [-0.4, -0.2) is 0 Å². The number of rotatable bonds is 8. The summed E-state index contributed by atoms with van der Waals surface area (Å²) in [6, 6.07) is 41.1. The van der Waals surface area contributed by atoms with Crippen molar-refractivity contribution in [3.8, 4) is 22.3 Å². The predicted octanol–water partition coefficient (Wildman–Crippen LogP) is 9.03. The van der Waals surface area contributed by atoms with Gasteiger partial charge in [-0.3, -0.25) is 4.79 Å². The minimum absolute atomic E-state index is 0.104. The van der Waals surface area contributed by atoms with Crippen molar-refractivity contribution in [2.75, 3.05) is 0 Å². The summed E-state index contributed by atoms with van der Waals surface area (Å²) in [6.45, 7) is 0. The van der Waals surface area contributed by atoms with Crippen molar-refractivity contribution >= 4 is 34.9 Å². The van der Waals surface area contributed by atoms with Gasteiger partial charge in [0.1, 0.15) is 0 Å². The second kappa shape index (κ2) is 11.6. The minimum Gasteiger partial charge on any atom is -0.288 e. The van der Waals surface area contributed by atoms with E-state index >= 15 is 0 Å². The molecule has 0 unspecified atom stereocenters. The van der Waals surface area contributed by atoms with Crippen molar-refractivity contribution in [2.24, 2.45) is 0 Å². The topological polar surface area (TPSA) is 17.1 Å².